The molecule has 21 heavy (non-hydrogen) atoms. The molecule has 2 rings (SSSR count). The number of hydrogen-bond donors (Lipinski definition) is 2. The second kappa shape index (κ2) is 7.03. The lowest BCUT2D eigenvalue weighted by Gasteiger charge is -2.27. The zero-order chi connectivity index (χ0) is 15.3. The van der Waals surface area contributed by atoms with Crippen LogP contribution in [-0.2, 0) is 10.0 Å². The van der Waals surface area contributed by atoms with Gasteiger partial charge in [0.2, 0.25) is 10.0 Å². The Morgan fingerprint density at radius 3 is 2.52 bits per heavy atom. The molecule has 0 bridgehead atoms. The van der Waals surface area contributed by atoms with Crippen LogP contribution in [0.2, 0.25) is 0 Å². The summed E-state index contributed by atoms with van der Waals surface area (Å²) in [6.07, 6.45) is 6.64. The molecule has 4 nitrogen and oxygen atoms in total. The van der Waals surface area contributed by atoms with E-state index in [0.29, 0.717) is 23.7 Å². The summed E-state index contributed by atoms with van der Waals surface area (Å²) in [5, 5.41) is 3.11. The number of nitrogens with one attached hydrogen (secondary N) is 2. The summed E-state index contributed by atoms with van der Waals surface area (Å²) in [6.45, 7) is 3.16. The van der Waals surface area contributed by atoms with Crippen LogP contribution in [0.3, 0.4) is 0 Å². The van der Waals surface area contributed by atoms with Crippen molar-refractivity contribution in [1.29, 1.82) is 0 Å². The largest absolute Gasteiger partial charge is 0.384 e. The van der Waals surface area contributed by atoms with E-state index < -0.39 is 10.0 Å². The van der Waals surface area contributed by atoms with Gasteiger partial charge in [0.1, 0.15) is 4.90 Å². The van der Waals surface area contributed by atoms with Crippen LogP contribution >= 0.6 is 11.8 Å². The first-order valence-electron chi connectivity index (χ1n) is 7.41. The van der Waals surface area contributed by atoms with Crippen molar-refractivity contribution in [2.24, 2.45) is 0 Å². The molecule has 0 saturated heterocycles. The average Bonchev–Trinajstić information content (AvgIpc) is 2.96. The van der Waals surface area contributed by atoms with E-state index in [4.69, 9.17) is 0 Å². The quantitative estimate of drug-likeness (QED) is 0.807. The first kappa shape index (κ1) is 16.6. The van der Waals surface area contributed by atoms with Crippen LogP contribution in [0.4, 0.5) is 5.69 Å². The maximum absolute atomic E-state index is 12.6. The highest BCUT2D eigenvalue weighted by molar-refractivity contribution is 8.00. The molecule has 2 N–H and O–H groups in total. The minimum atomic E-state index is -3.47. The molecule has 0 amide bonds. The molecule has 1 fully saturated rings. The molecule has 0 aliphatic heterocycles. The third-order valence-electron chi connectivity index (χ3n) is 4.08. The van der Waals surface area contributed by atoms with Gasteiger partial charge in [-0.05, 0) is 38.2 Å². The van der Waals surface area contributed by atoms with E-state index in [9.17, 15) is 8.42 Å². The number of rotatable bonds is 7. The van der Waals surface area contributed by atoms with Gasteiger partial charge in [-0.15, -0.1) is 0 Å². The van der Waals surface area contributed by atoms with Crippen LogP contribution in [0.5, 0.6) is 0 Å². The molecular weight excluding hydrogens is 304 g/mol. The summed E-state index contributed by atoms with van der Waals surface area (Å²) in [4.78, 5) is 0.334. The number of para-hydroxylation sites is 1. The summed E-state index contributed by atoms with van der Waals surface area (Å²) in [5.74, 6) is 0. The van der Waals surface area contributed by atoms with Crippen molar-refractivity contribution < 1.29 is 8.42 Å². The number of hydrogen-bond acceptors (Lipinski definition) is 4. The predicted octanol–water partition coefficient (Wildman–Crippen LogP) is 3.07. The molecule has 0 aromatic heterocycles. The van der Waals surface area contributed by atoms with Gasteiger partial charge in [0.15, 0.2) is 0 Å². The number of thioether (sulfide) groups is 1. The van der Waals surface area contributed by atoms with Crippen LogP contribution < -0.4 is 10.0 Å². The fraction of sp³-hybridized carbons (Fsp3) is 0.600. The SMILES string of the molecule is CCNc1ccccc1S(=O)(=O)NCC1(SC)CCCC1. The van der Waals surface area contributed by atoms with Crippen LogP contribution in [-0.4, -0.2) is 32.5 Å². The minimum Gasteiger partial charge on any atom is -0.384 e. The predicted molar refractivity (Wildman–Crippen MR) is 90.5 cm³/mol. The molecule has 0 heterocycles. The van der Waals surface area contributed by atoms with Crippen molar-refractivity contribution in [3.63, 3.8) is 0 Å². The summed E-state index contributed by atoms with van der Waals surface area (Å²) in [5.41, 5.74) is 0.664. The lowest BCUT2D eigenvalue weighted by Crippen LogP contribution is -2.38. The van der Waals surface area contributed by atoms with Crippen molar-refractivity contribution in [2.45, 2.75) is 42.2 Å². The molecule has 118 valence electrons. The Kier molecular flexibility index (Phi) is 5.57. The molecule has 1 saturated carbocycles. The summed E-state index contributed by atoms with van der Waals surface area (Å²) < 4.78 is 28.1. The zero-order valence-corrected chi connectivity index (χ0v) is 14.3. The van der Waals surface area contributed by atoms with Gasteiger partial charge in [0.05, 0.1) is 5.69 Å². The normalized spacial score (nSPS) is 17.8. The highest BCUT2D eigenvalue weighted by Crippen LogP contribution is 2.39. The third-order valence-corrected chi connectivity index (χ3v) is 6.95. The fourth-order valence-electron chi connectivity index (χ4n) is 2.81. The van der Waals surface area contributed by atoms with Gasteiger partial charge in [-0.3, -0.25) is 0 Å². The van der Waals surface area contributed by atoms with Crippen molar-refractivity contribution >= 4 is 27.5 Å². The van der Waals surface area contributed by atoms with Gasteiger partial charge < -0.3 is 5.32 Å². The first-order valence-corrected chi connectivity index (χ1v) is 10.1. The Balaban J connectivity index is 2.15. The van der Waals surface area contributed by atoms with E-state index in [1.54, 1.807) is 30.0 Å². The van der Waals surface area contributed by atoms with Crippen LogP contribution in [0.15, 0.2) is 29.2 Å². The maximum Gasteiger partial charge on any atom is 0.242 e. The Morgan fingerprint density at radius 2 is 1.90 bits per heavy atom. The molecule has 1 aliphatic rings. The minimum absolute atomic E-state index is 0.0696. The number of benzene rings is 1. The summed E-state index contributed by atoms with van der Waals surface area (Å²) in [7, 11) is -3.47. The Hall–Kier alpha value is -0.720. The van der Waals surface area contributed by atoms with Crippen molar-refractivity contribution in [2.75, 3.05) is 24.7 Å². The molecule has 0 atom stereocenters. The monoisotopic (exact) mass is 328 g/mol. The van der Waals surface area contributed by atoms with E-state index in [1.165, 1.54) is 12.8 Å². The van der Waals surface area contributed by atoms with Crippen molar-refractivity contribution in [3.8, 4) is 0 Å². The van der Waals surface area contributed by atoms with Gasteiger partial charge in [-0.2, -0.15) is 11.8 Å². The lowest BCUT2D eigenvalue weighted by molar-refractivity contribution is 0.551. The van der Waals surface area contributed by atoms with Gasteiger partial charge in [0.25, 0.3) is 0 Å². The van der Waals surface area contributed by atoms with E-state index in [-0.39, 0.29) is 4.75 Å². The molecule has 1 aromatic carbocycles. The topological polar surface area (TPSA) is 58.2 Å². The summed E-state index contributed by atoms with van der Waals surface area (Å²) >= 11 is 1.79. The van der Waals surface area contributed by atoms with E-state index >= 15 is 0 Å². The van der Waals surface area contributed by atoms with Crippen molar-refractivity contribution in [3.05, 3.63) is 24.3 Å². The fourth-order valence-corrected chi connectivity index (χ4v) is 5.13. The lowest BCUT2D eigenvalue weighted by atomic mass is 10.1. The highest BCUT2D eigenvalue weighted by atomic mass is 32.2. The second-order valence-corrected chi connectivity index (χ2v) is 8.45. The van der Waals surface area contributed by atoms with Crippen LogP contribution in [0.25, 0.3) is 0 Å². The van der Waals surface area contributed by atoms with Crippen LogP contribution in [0.1, 0.15) is 32.6 Å². The highest BCUT2D eigenvalue weighted by Gasteiger charge is 2.34. The zero-order valence-electron chi connectivity index (χ0n) is 12.7. The number of anilines is 1. The van der Waals surface area contributed by atoms with Gasteiger partial charge >= 0.3 is 0 Å². The molecule has 0 radical (unpaired) electrons. The van der Waals surface area contributed by atoms with Crippen molar-refractivity contribution in [1.82, 2.24) is 4.72 Å². The molecule has 6 heteroatoms. The van der Waals surface area contributed by atoms with Gasteiger partial charge in [-0.1, -0.05) is 25.0 Å². The molecule has 0 spiro atoms. The van der Waals surface area contributed by atoms with Gasteiger partial charge in [-0.25, -0.2) is 13.1 Å². The van der Waals surface area contributed by atoms with E-state index in [1.807, 2.05) is 13.0 Å². The molecule has 1 aliphatic carbocycles. The third kappa shape index (κ3) is 3.93. The average molecular weight is 329 g/mol. The summed E-state index contributed by atoms with van der Waals surface area (Å²) in [6, 6.07) is 7.06. The number of sulfonamides is 1. The first-order chi connectivity index (χ1) is 10.0. The second-order valence-electron chi connectivity index (χ2n) is 5.45. The standard InChI is InChI=1S/C15H24N2O2S2/c1-3-16-13-8-4-5-9-14(13)21(18,19)17-12-15(20-2)10-6-7-11-15/h4-5,8-9,16-17H,3,6-7,10-12H2,1-2H3. The Bertz CT molecular complexity index is 567. The maximum atomic E-state index is 12.6. The van der Waals surface area contributed by atoms with Gasteiger partial charge in [0, 0.05) is 17.8 Å². The van der Waals surface area contributed by atoms with Crippen LogP contribution in [0, 0.1) is 0 Å². The molecule has 0 unspecified atom stereocenters. The van der Waals surface area contributed by atoms with E-state index in [2.05, 4.69) is 16.3 Å². The smallest absolute Gasteiger partial charge is 0.242 e. The van der Waals surface area contributed by atoms with E-state index in [0.717, 1.165) is 12.8 Å². The molecular formula is C15H24N2O2S2. The Morgan fingerprint density at radius 1 is 1.24 bits per heavy atom. The molecule has 1 aromatic rings. The Labute approximate surface area is 132 Å².